The van der Waals surface area contributed by atoms with E-state index in [0.29, 0.717) is 6.61 Å². The van der Waals surface area contributed by atoms with Gasteiger partial charge in [-0.15, -0.1) is 5.10 Å². The number of rotatable bonds is 7. The first-order valence-corrected chi connectivity index (χ1v) is 8.99. The molecule has 1 aromatic carbocycles. The number of hydrogen-bond acceptors (Lipinski definition) is 6. The first-order chi connectivity index (χ1) is 12.3. The van der Waals surface area contributed by atoms with Crippen molar-refractivity contribution in [3.8, 4) is 5.69 Å². The van der Waals surface area contributed by atoms with Gasteiger partial charge in [0.25, 0.3) is 0 Å². The van der Waals surface area contributed by atoms with E-state index >= 15 is 0 Å². The molecule has 1 atom stereocenters. The third-order valence-electron chi connectivity index (χ3n) is 4.54. The second-order valence-corrected chi connectivity index (χ2v) is 6.34. The van der Waals surface area contributed by atoms with E-state index < -0.39 is 0 Å². The number of esters is 1. The van der Waals surface area contributed by atoms with Crippen LogP contribution >= 0.6 is 0 Å². The summed E-state index contributed by atoms with van der Waals surface area (Å²) in [5.74, 6) is 0.828. The van der Waals surface area contributed by atoms with Crippen LogP contribution in [0.3, 0.4) is 0 Å². The van der Waals surface area contributed by atoms with Crippen molar-refractivity contribution in [3.05, 3.63) is 36.2 Å². The highest BCUT2D eigenvalue weighted by atomic mass is 16.5. The normalized spacial score (nSPS) is 18.2. The van der Waals surface area contributed by atoms with Crippen molar-refractivity contribution in [1.82, 2.24) is 25.1 Å². The highest BCUT2D eigenvalue weighted by Gasteiger charge is 2.26. The average molecular weight is 343 g/mol. The largest absolute Gasteiger partial charge is 0.466 e. The molecule has 1 fully saturated rings. The van der Waals surface area contributed by atoms with Crippen LogP contribution in [0.4, 0.5) is 0 Å². The van der Waals surface area contributed by atoms with Gasteiger partial charge in [0.05, 0.1) is 18.2 Å². The van der Waals surface area contributed by atoms with Crippen LogP contribution in [-0.4, -0.2) is 57.3 Å². The number of hydrogen-bond donors (Lipinski definition) is 0. The minimum Gasteiger partial charge on any atom is -0.466 e. The third kappa shape index (κ3) is 4.63. The monoisotopic (exact) mass is 343 g/mol. The van der Waals surface area contributed by atoms with Gasteiger partial charge in [0, 0.05) is 13.0 Å². The quantitative estimate of drug-likeness (QED) is 0.715. The lowest BCUT2D eigenvalue weighted by atomic mass is 9.98. The van der Waals surface area contributed by atoms with Gasteiger partial charge in [-0.1, -0.05) is 18.2 Å². The molecule has 0 saturated carbocycles. The first kappa shape index (κ1) is 17.5. The fraction of sp³-hybridized carbons (Fsp3) is 0.556. The Labute approximate surface area is 148 Å². The molecule has 0 bridgehead atoms. The Morgan fingerprint density at radius 1 is 1.32 bits per heavy atom. The van der Waals surface area contributed by atoms with Crippen LogP contribution in [0, 0.1) is 5.92 Å². The number of ether oxygens (including phenoxy) is 1. The fourth-order valence-corrected chi connectivity index (χ4v) is 3.30. The summed E-state index contributed by atoms with van der Waals surface area (Å²) in [6.45, 7) is 5.09. The van der Waals surface area contributed by atoms with E-state index in [2.05, 4.69) is 20.4 Å². The van der Waals surface area contributed by atoms with Gasteiger partial charge in [-0.2, -0.15) is 4.68 Å². The van der Waals surface area contributed by atoms with Crippen LogP contribution < -0.4 is 0 Å². The van der Waals surface area contributed by atoms with E-state index in [9.17, 15) is 4.79 Å². The lowest BCUT2D eigenvalue weighted by Gasteiger charge is -2.31. The van der Waals surface area contributed by atoms with Crippen molar-refractivity contribution in [2.24, 2.45) is 5.92 Å². The molecule has 2 aromatic rings. The molecule has 0 N–H and O–H groups in total. The van der Waals surface area contributed by atoms with Gasteiger partial charge in [0.2, 0.25) is 0 Å². The first-order valence-electron chi connectivity index (χ1n) is 8.99. The van der Waals surface area contributed by atoms with E-state index in [1.54, 1.807) is 4.68 Å². The molecule has 1 aromatic heterocycles. The molecule has 134 valence electrons. The molecular weight excluding hydrogens is 318 g/mol. The zero-order valence-electron chi connectivity index (χ0n) is 14.7. The van der Waals surface area contributed by atoms with Crippen molar-refractivity contribution < 1.29 is 9.53 Å². The summed E-state index contributed by atoms with van der Waals surface area (Å²) >= 11 is 0. The Morgan fingerprint density at radius 3 is 2.96 bits per heavy atom. The van der Waals surface area contributed by atoms with Crippen molar-refractivity contribution in [3.63, 3.8) is 0 Å². The van der Waals surface area contributed by atoms with Crippen LogP contribution in [0.5, 0.6) is 0 Å². The Morgan fingerprint density at radius 2 is 2.16 bits per heavy atom. The number of piperidine rings is 1. The van der Waals surface area contributed by atoms with Crippen molar-refractivity contribution in [2.45, 2.75) is 32.6 Å². The number of carbonyl (C=O) groups excluding carboxylic acids is 1. The smallest absolute Gasteiger partial charge is 0.310 e. The number of para-hydroxylation sites is 1. The predicted molar refractivity (Wildman–Crippen MR) is 93.3 cm³/mol. The van der Waals surface area contributed by atoms with Crippen LogP contribution in [0.15, 0.2) is 30.3 Å². The summed E-state index contributed by atoms with van der Waals surface area (Å²) in [6.07, 6.45) is 3.75. The number of benzene rings is 1. The maximum Gasteiger partial charge on any atom is 0.310 e. The molecule has 1 aliphatic heterocycles. The van der Waals surface area contributed by atoms with Crippen LogP contribution in [0.2, 0.25) is 0 Å². The molecule has 0 aliphatic carbocycles. The van der Waals surface area contributed by atoms with Gasteiger partial charge in [-0.05, 0) is 61.8 Å². The minimum absolute atomic E-state index is 0.0170. The highest BCUT2D eigenvalue weighted by Crippen LogP contribution is 2.18. The standard InChI is InChI=1S/C18H25N5O2/c1-2-25-18(24)15-8-6-12-22(14-15)13-7-11-17-19-20-21-23(17)16-9-4-3-5-10-16/h3-5,9-10,15H,2,6-8,11-14H2,1H3/t15-/m1/s1. The summed E-state index contributed by atoms with van der Waals surface area (Å²) in [7, 11) is 0. The Balaban J connectivity index is 1.50. The van der Waals surface area contributed by atoms with Crippen molar-refractivity contribution >= 4 is 5.97 Å². The second-order valence-electron chi connectivity index (χ2n) is 6.34. The van der Waals surface area contributed by atoms with Crippen molar-refractivity contribution in [2.75, 3.05) is 26.2 Å². The van der Waals surface area contributed by atoms with Crippen LogP contribution in [0.1, 0.15) is 32.0 Å². The van der Waals surface area contributed by atoms with E-state index in [1.807, 2.05) is 37.3 Å². The molecule has 0 spiro atoms. The van der Waals surface area contributed by atoms with Gasteiger partial charge in [0.1, 0.15) is 0 Å². The summed E-state index contributed by atoms with van der Waals surface area (Å²) in [5.41, 5.74) is 0.975. The summed E-state index contributed by atoms with van der Waals surface area (Å²) < 4.78 is 6.95. The molecule has 0 radical (unpaired) electrons. The number of carbonyl (C=O) groups is 1. The van der Waals surface area contributed by atoms with E-state index in [1.165, 1.54) is 0 Å². The van der Waals surface area contributed by atoms with Gasteiger partial charge in [-0.3, -0.25) is 4.79 Å². The summed E-state index contributed by atoms with van der Waals surface area (Å²) in [6, 6.07) is 9.92. The molecule has 0 amide bonds. The number of aromatic nitrogens is 4. The Hall–Kier alpha value is -2.28. The van der Waals surface area contributed by atoms with Gasteiger partial charge in [-0.25, -0.2) is 0 Å². The zero-order chi connectivity index (χ0) is 17.5. The fourth-order valence-electron chi connectivity index (χ4n) is 3.30. The summed E-state index contributed by atoms with van der Waals surface area (Å²) in [5, 5.41) is 12.0. The molecule has 7 nitrogen and oxygen atoms in total. The van der Waals surface area contributed by atoms with E-state index in [4.69, 9.17) is 4.74 Å². The van der Waals surface area contributed by atoms with Crippen LogP contribution in [0.25, 0.3) is 5.69 Å². The number of tetrazole rings is 1. The van der Waals surface area contributed by atoms with E-state index in [0.717, 1.165) is 56.8 Å². The SMILES string of the molecule is CCOC(=O)[C@@H]1CCCN(CCCc2nnnn2-c2ccccc2)C1. The summed E-state index contributed by atoms with van der Waals surface area (Å²) in [4.78, 5) is 14.3. The van der Waals surface area contributed by atoms with E-state index in [-0.39, 0.29) is 11.9 Å². The molecule has 25 heavy (non-hydrogen) atoms. The maximum atomic E-state index is 11.9. The van der Waals surface area contributed by atoms with Gasteiger partial charge in [0.15, 0.2) is 5.82 Å². The Bertz CT molecular complexity index is 673. The predicted octanol–water partition coefficient (Wildman–Crippen LogP) is 1.87. The minimum atomic E-state index is -0.0554. The second kappa shape index (κ2) is 8.71. The zero-order valence-corrected chi connectivity index (χ0v) is 14.7. The highest BCUT2D eigenvalue weighted by molar-refractivity contribution is 5.72. The molecule has 1 aliphatic rings. The molecule has 2 heterocycles. The lowest BCUT2D eigenvalue weighted by molar-refractivity contribution is -0.149. The molecule has 0 unspecified atom stereocenters. The average Bonchev–Trinajstić information content (AvgIpc) is 3.11. The van der Waals surface area contributed by atoms with Gasteiger partial charge < -0.3 is 9.64 Å². The van der Waals surface area contributed by atoms with Crippen molar-refractivity contribution in [1.29, 1.82) is 0 Å². The number of likely N-dealkylation sites (tertiary alicyclic amines) is 1. The lowest BCUT2D eigenvalue weighted by Crippen LogP contribution is -2.40. The molecule has 3 rings (SSSR count). The van der Waals surface area contributed by atoms with Crippen LogP contribution in [-0.2, 0) is 16.0 Å². The topological polar surface area (TPSA) is 73.1 Å². The third-order valence-corrected chi connectivity index (χ3v) is 4.54. The maximum absolute atomic E-state index is 11.9. The molecular formula is C18H25N5O2. The van der Waals surface area contributed by atoms with Gasteiger partial charge >= 0.3 is 5.97 Å². The number of aryl methyl sites for hydroxylation is 1. The molecule has 7 heteroatoms. The molecule has 1 saturated heterocycles. The Kier molecular flexibility index (Phi) is 6.11. The number of nitrogens with zero attached hydrogens (tertiary/aromatic N) is 5.